The lowest BCUT2D eigenvalue weighted by molar-refractivity contribution is -0.0660. The number of hydrogen-bond acceptors (Lipinski definition) is 2. The molecule has 2 nitrogen and oxygen atoms in total. The van der Waals surface area contributed by atoms with Crippen LogP contribution in [0.4, 0.5) is 0 Å². The fourth-order valence-corrected chi connectivity index (χ4v) is 1.21. The van der Waals surface area contributed by atoms with Crippen LogP contribution in [0.25, 0.3) is 0 Å². The van der Waals surface area contributed by atoms with Gasteiger partial charge >= 0.3 is 0 Å². The van der Waals surface area contributed by atoms with Crippen LogP contribution in [-0.2, 0) is 4.74 Å². The lowest BCUT2D eigenvalue weighted by Gasteiger charge is -2.31. The highest BCUT2D eigenvalue weighted by atomic mass is 16.5. The minimum absolute atomic E-state index is 0.00253. The predicted molar refractivity (Wildman–Crippen MR) is 67.3 cm³/mol. The van der Waals surface area contributed by atoms with Crippen molar-refractivity contribution in [1.29, 1.82) is 0 Å². The molecule has 92 valence electrons. The van der Waals surface area contributed by atoms with Crippen LogP contribution in [0.2, 0.25) is 0 Å². The number of rotatable bonds is 7. The third kappa shape index (κ3) is 6.91. The Morgan fingerprint density at radius 2 is 1.60 bits per heavy atom. The normalized spacial score (nSPS) is 15.4. The fourth-order valence-electron chi connectivity index (χ4n) is 1.21. The van der Waals surface area contributed by atoms with Crippen LogP contribution in [-0.4, -0.2) is 23.8 Å². The molecule has 0 radical (unpaired) electrons. The molecule has 0 saturated heterocycles. The molecule has 0 fully saturated rings. The van der Waals surface area contributed by atoms with Crippen molar-refractivity contribution in [3.63, 3.8) is 0 Å². The van der Waals surface area contributed by atoms with Crippen LogP contribution >= 0.6 is 0 Å². The van der Waals surface area contributed by atoms with Crippen LogP contribution in [0, 0.1) is 0 Å². The minimum Gasteiger partial charge on any atom is -0.371 e. The molecule has 0 aromatic heterocycles. The molecule has 2 heteroatoms. The maximum Gasteiger partial charge on any atom is 0.0678 e. The highest BCUT2D eigenvalue weighted by Crippen LogP contribution is 2.16. The van der Waals surface area contributed by atoms with Crippen LogP contribution < -0.4 is 5.32 Å². The summed E-state index contributed by atoms with van der Waals surface area (Å²) in [5, 5.41) is 3.53. The maximum absolute atomic E-state index is 5.96. The van der Waals surface area contributed by atoms with Crippen molar-refractivity contribution in [2.24, 2.45) is 0 Å². The van der Waals surface area contributed by atoms with E-state index in [-0.39, 0.29) is 17.2 Å². The quantitative estimate of drug-likeness (QED) is 0.703. The lowest BCUT2D eigenvalue weighted by atomic mass is 10.0. The van der Waals surface area contributed by atoms with Crippen molar-refractivity contribution in [1.82, 2.24) is 5.32 Å². The van der Waals surface area contributed by atoms with Gasteiger partial charge in [0.1, 0.15) is 0 Å². The SMILES string of the molecule is CCC(C)(C)NCC(C)OC(C)(C)CC. The van der Waals surface area contributed by atoms with E-state index in [1.165, 1.54) is 0 Å². The van der Waals surface area contributed by atoms with E-state index in [0.717, 1.165) is 19.4 Å². The molecule has 1 atom stereocenters. The average Bonchev–Trinajstić information content (AvgIpc) is 2.15. The van der Waals surface area contributed by atoms with Gasteiger partial charge in [-0.2, -0.15) is 0 Å². The van der Waals surface area contributed by atoms with E-state index in [4.69, 9.17) is 4.74 Å². The van der Waals surface area contributed by atoms with E-state index in [2.05, 4.69) is 53.8 Å². The summed E-state index contributed by atoms with van der Waals surface area (Å²) >= 11 is 0. The van der Waals surface area contributed by atoms with E-state index in [1.54, 1.807) is 0 Å². The van der Waals surface area contributed by atoms with E-state index in [1.807, 2.05) is 0 Å². The minimum atomic E-state index is -0.00253. The highest BCUT2D eigenvalue weighted by molar-refractivity contribution is 4.77. The molecule has 0 aromatic carbocycles. The second kappa shape index (κ2) is 5.86. The first kappa shape index (κ1) is 14.9. The summed E-state index contributed by atoms with van der Waals surface area (Å²) in [7, 11) is 0. The number of ether oxygens (including phenoxy) is 1. The van der Waals surface area contributed by atoms with E-state index in [0.29, 0.717) is 0 Å². The molecule has 0 saturated carbocycles. The first-order valence-electron chi connectivity index (χ1n) is 6.15. The van der Waals surface area contributed by atoms with Crippen molar-refractivity contribution in [2.45, 2.75) is 78.6 Å². The van der Waals surface area contributed by atoms with Gasteiger partial charge in [0.25, 0.3) is 0 Å². The highest BCUT2D eigenvalue weighted by Gasteiger charge is 2.21. The molecule has 0 rings (SSSR count). The Hall–Kier alpha value is -0.0800. The van der Waals surface area contributed by atoms with Crippen molar-refractivity contribution < 1.29 is 4.74 Å². The van der Waals surface area contributed by atoms with Crippen LogP contribution in [0.3, 0.4) is 0 Å². The standard InChI is InChI=1S/C13H29NO/c1-8-12(4,5)14-10-11(3)15-13(6,7)9-2/h11,14H,8-10H2,1-7H3. The Morgan fingerprint density at radius 3 is 2.00 bits per heavy atom. The summed E-state index contributed by atoms with van der Waals surface area (Å²) in [4.78, 5) is 0. The third-order valence-electron chi connectivity index (χ3n) is 3.12. The molecular formula is C13H29NO. The average molecular weight is 215 g/mol. The van der Waals surface area contributed by atoms with Crippen molar-refractivity contribution in [2.75, 3.05) is 6.54 Å². The first-order chi connectivity index (χ1) is 6.72. The molecular weight excluding hydrogens is 186 g/mol. The molecule has 0 spiro atoms. The predicted octanol–water partition coefficient (Wildman–Crippen LogP) is 3.36. The molecule has 1 N–H and O–H groups in total. The second-order valence-corrected chi connectivity index (χ2v) is 5.66. The van der Waals surface area contributed by atoms with Gasteiger partial charge < -0.3 is 10.1 Å². The Morgan fingerprint density at radius 1 is 1.07 bits per heavy atom. The molecule has 0 aliphatic carbocycles. The zero-order valence-corrected chi connectivity index (χ0v) is 11.6. The van der Waals surface area contributed by atoms with E-state index >= 15 is 0 Å². The van der Waals surface area contributed by atoms with Gasteiger partial charge in [0.2, 0.25) is 0 Å². The van der Waals surface area contributed by atoms with Crippen LogP contribution in [0.15, 0.2) is 0 Å². The largest absolute Gasteiger partial charge is 0.371 e. The summed E-state index contributed by atoms with van der Waals surface area (Å²) < 4.78 is 5.96. The Labute approximate surface area is 95.8 Å². The zero-order chi connectivity index (χ0) is 12.1. The lowest BCUT2D eigenvalue weighted by Crippen LogP contribution is -2.44. The summed E-state index contributed by atoms with van der Waals surface area (Å²) in [5.74, 6) is 0. The Bertz CT molecular complexity index is 175. The molecule has 0 aliphatic heterocycles. The van der Waals surface area contributed by atoms with Gasteiger partial charge in [-0.3, -0.25) is 0 Å². The Kier molecular flexibility index (Phi) is 5.82. The molecule has 15 heavy (non-hydrogen) atoms. The molecule has 0 aromatic rings. The third-order valence-corrected chi connectivity index (χ3v) is 3.12. The van der Waals surface area contributed by atoms with Crippen LogP contribution in [0.1, 0.15) is 61.3 Å². The van der Waals surface area contributed by atoms with Gasteiger partial charge in [0.15, 0.2) is 0 Å². The van der Waals surface area contributed by atoms with E-state index in [9.17, 15) is 0 Å². The number of nitrogens with one attached hydrogen (secondary N) is 1. The zero-order valence-electron chi connectivity index (χ0n) is 11.6. The van der Waals surface area contributed by atoms with Crippen molar-refractivity contribution in [3.05, 3.63) is 0 Å². The second-order valence-electron chi connectivity index (χ2n) is 5.66. The van der Waals surface area contributed by atoms with E-state index < -0.39 is 0 Å². The number of hydrogen-bond donors (Lipinski definition) is 1. The topological polar surface area (TPSA) is 21.3 Å². The van der Waals surface area contributed by atoms with Gasteiger partial charge in [0, 0.05) is 12.1 Å². The Balaban J connectivity index is 3.90. The monoisotopic (exact) mass is 215 g/mol. The maximum atomic E-state index is 5.96. The molecule has 0 heterocycles. The molecule has 0 aliphatic rings. The van der Waals surface area contributed by atoms with Gasteiger partial charge in [0.05, 0.1) is 11.7 Å². The molecule has 0 bridgehead atoms. The first-order valence-corrected chi connectivity index (χ1v) is 6.15. The summed E-state index contributed by atoms with van der Waals surface area (Å²) in [5.41, 5.74) is 0.214. The van der Waals surface area contributed by atoms with Gasteiger partial charge in [-0.1, -0.05) is 13.8 Å². The van der Waals surface area contributed by atoms with Gasteiger partial charge in [-0.25, -0.2) is 0 Å². The summed E-state index contributed by atoms with van der Waals surface area (Å²) in [6.07, 6.45) is 2.46. The van der Waals surface area contributed by atoms with Gasteiger partial charge in [-0.15, -0.1) is 0 Å². The molecule has 1 unspecified atom stereocenters. The van der Waals surface area contributed by atoms with Gasteiger partial charge in [-0.05, 0) is 47.5 Å². The van der Waals surface area contributed by atoms with Crippen molar-refractivity contribution >= 4 is 0 Å². The molecule has 0 amide bonds. The summed E-state index contributed by atoms with van der Waals surface area (Å²) in [6, 6.07) is 0. The smallest absolute Gasteiger partial charge is 0.0678 e. The van der Waals surface area contributed by atoms with Crippen LogP contribution in [0.5, 0.6) is 0 Å². The fraction of sp³-hybridized carbons (Fsp3) is 1.00. The van der Waals surface area contributed by atoms with Crippen molar-refractivity contribution in [3.8, 4) is 0 Å². The summed E-state index contributed by atoms with van der Waals surface area (Å²) in [6.45, 7) is 16.2.